The zero-order valence-corrected chi connectivity index (χ0v) is 13.6. The molecule has 2 N–H and O–H groups in total. The van der Waals surface area contributed by atoms with E-state index in [1.165, 1.54) is 0 Å². The summed E-state index contributed by atoms with van der Waals surface area (Å²) in [7, 11) is 1.72. The van der Waals surface area contributed by atoms with Gasteiger partial charge in [-0.25, -0.2) is 4.98 Å². The number of carbonyl (C=O) groups excluding carboxylic acids is 1. The lowest BCUT2D eigenvalue weighted by molar-refractivity contribution is -0.131. The van der Waals surface area contributed by atoms with Gasteiger partial charge in [-0.1, -0.05) is 23.2 Å². The van der Waals surface area contributed by atoms with Crippen molar-refractivity contribution in [2.24, 2.45) is 0 Å². The first-order valence-electron chi connectivity index (χ1n) is 6.53. The number of hydrogen-bond donors (Lipinski definition) is 2. The summed E-state index contributed by atoms with van der Waals surface area (Å²) < 4.78 is 0. The van der Waals surface area contributed by atoms with Crippen molar-refractivity contribution in [2.45, 2.75) is 26.8 Å². The molecule has 0 aliphatic rings. The van der Waals surface area contributed by atoms with E-state index in [2.05, 4.69) is 15.6 Å². The van der Waals surface area contributed by atoms with Gasteiger partial charge in [0, 0.05) is 20.1 Å². The Bertz CT molecular complexity index is 478. The number of hydrogen-bond acceptors (Lipinski definition) is 4. The number of carbonyl (C=O) groups is 1. The Kier molecular flexibility index (Phi) is 6.36. The highest BCUT2D eigenvalue weighted by atomic mass is 35.5. The van der Waals surface area contributed by atoms with Gasteiger partial charge in [-0.05, 0) is 26.8 Å². The Labute approximate surface area is 129 Å². The van der Waals surface area contributed by atoms with E-state index in [1.54, 1.807) is 24.9 Å². The van der Waals surface area contributed by atoms with Crippen molar-refractivity contribution >= 4 is 40.7 Å². The van der Waals surface area contributed by atoms with Crippen LogP contribution in [0.1, 0.15) is 20.8 Å². The zero-order chi connectivity index (χ0) is 15.3. The van der Waals surface area contributed by atoms with Crippen molar-refractivity contribution in [1.29, 1.82) is 0 Å². The molecule has 7 heteroatoms. The van der Waals surface area contributed by atoms with E-state index in [0.717, 1.165) is 0 Å². The quantitative estimate of drug-likeness (QED) is 0.846. The molecule has 0 bridgehead atoms. The minimum Gasteiger partial charge on any atom is -0.372 e. The molecule has 0 aliphatic carbocycles. The molecule has 112 valence electrons. The fraction of sp³-hybridized carbons (Fsp3) is 0.538. The molecule has 1 atom stereocenters. The molecule has 1 unspecified atom stereocenters. The fourth-order valence-electron chi connectivity index (χ4n) is 1.82. The molecule has 0 saturated heterocycles. The van der Waals surface area contributed by atoms with E-state index in [1.807, 2.05) is 13.8 Å². The Morgan fingerprint density at radius 1 is 1.30 bits per heavy atom. The lowest BCUT2D eigenvalue weighted by atomic mass is 10.2. The number of halogens is 2. The van der Waals surface area contributed by atoms with E-state index in [0.29, 0.717) is 34.8 Å². The molecule has 1 aromatic heterocycles. The third-order valence-corrected chi connectivity index (χ3v) is 3.54. The van der Waals surface area contributed by atoms with Crippen molar-refractivity contribution < 1.29 is 4.79 Å². The highest BCUT2D eigenvalue weighted by Gasteiger charge is 2.20. The van der Waals surface area contributed by atoms with E-state index in [9.17, 15) is 4.79 Å². The Hall–Kier alpha value is -1.20. The van der Waals surface area contributed by atoms with Gasteiger partial charge in [-0.15, -0.1) is 0 Å². The third-order valence-electron chi connectivity index (χ3n) is 2.97. The van der Waals surface area contributed by atoms with Crippen molar-refractivity contribution in [1.82, 2.24) is 9.88 Å². The van der Waals surface area contributed by atoms with E-state index >= 15 is 0 Å². The summed E-state index contributed by atoms with van der Waals surface area (Å²) in [6.07, 6.45) is 0. The summed E-state index contributed by atoms with van der Waals surface area (Å²) >= 11 is 12.1. The highest BCUT2D eigenvalue weighted by Crippen LogP contribution is 2.29. The SMILES string of the molecule is CCN(CC)C(=O)C(C)Nc1nc(NC)c(Cl)cc1Cl. The first-order valence-corrected chi connectivity index (χ1v) is 7.29. The number of pyridine rings is 1. The van der Waals surface area contributed by atoms with Gasteiger partial charge in [0.1, 0.15) is 17.7 Å². The summed E-state index contributed by atoms with van der Waals surface area (Å²) in [5, 5.41) is 6.72. The number of nitrogens with one attached hydrogen (secondary N) is 2. The van der Waals surface area contributed by atoms with Gasteiger partial charge in [-0.2, -0.15) is 0 Å². The average molecular weight is 319 g/mol. The predicted molar refractivity (Wildman–Crippen MR) is 84.8 cm³/mol. The number of likely N-dealkylation sites (N-methyl/N-ethyl adjacent to an activating group) is 1. The maximum Gasteiger partial charge on any atom is 0.244 e. The Balaban J connectivity index is 2.90. The van der Waals surface area contributed by atoms with Crippen molar-refractivity contribution in [3.8, 4) is 0 Å². The summed E-state index contributed by atoms with van der Waals surface area (Å²) in [6, 6.07) is 1.18. The van der Waals surface area contributed by atoms with E-state index in [4.69, 9.17) is 23.2 Å². The lowest BCUT2D eigenvalue weighted by Gasteiger charge is -2.24. The second-order valence-electron chi connectivity index (χ2n) is 4.28. The number of nitrogens with zero attached hydrogens (tertiary/aromatic N) is 2. The summed E-state index contributed by atoms with van der Waals surface area (Å²) in [4.78, 5) is 18.2. The van der Waals surface area contributed by atoms with Crippen LogP contribution in [0.15, 0.2) is 6.07 Å². The molecular formula is C13H20Cl2N4O. The van der Waals surface area contributed by atoms with Gasteiger partial charge in [0.25, 0.3) is 0 Å². The minimum atomic E-state index is -0.411. The van der Waals surface area contributed by atoms with Crippen LogP contribution in [0, 0.1) is 0 Å². The molecule has 1 aromatic rings. The van der Waals surface area contributed by atoms with Gasteiger partial charge >= 0.3 is 0 Å². The van der Waals surface area contributed by atoms with Crippen LogP contribution in [0.25, 0.3) is 0 Å². The second kappa shape index (κ2) is 7.55. The monoisotopic (exact) mass is 318 g/mol. The Morgan fingerprint density at radius 2 is 1.85 bits per heavy atom. The zero-order valence-electron chi connectivity index (χ0n) is 12.1. The topological polar surface area (TPSA) is 57.3 Å². The molecule has 0 spiro atoms. The van der Waals surface area contributed by atoms with Gasteiger partial charge in [0.15, 0.2) is 0 Å². The van der Waals surface area contributed by atoms with Crippen LogP contribution in [-0.2, 0) is 4.79 Å². The van der Waals surface area contributed by atoms with Gasteiger partial charge in [0.05, 0.1) is 10.0 Å². The molecule has 0 saturated carbocycles. The lowest BCUT2D eigenvalue weighted by Crippen LogP contribution is -2.41. The first-order chi connectivity index (χ1) is 9.44. The second-order valence-corrected chi connectivity index (χ2v) is 5.09. The molecule has 20 heavy (non-hydrogen) atoms. The van der Waals surface area contributed by atoms with Gasteiger partial charge < -0.3 is 15.5 Å². The number of rotatable bonds is 6. The predicted octanol–water partition coefficient (Wildman–Crippen LogP) is 3.10. The fourth-order valence-corrected chi connectivity index (χ4v) is 2.33. The van der Waals surface area contributed by atoms with Gasteiger partial charge in [-0.3, -0.25) is 4.79 Å². The standard InChI is InChI=1S/C13H20Cl2N4O/c1-5-19(6-2)13(20)8(3)17-12-10(15)7-9(14)11(16-4)18-12/h7-8H,5-6H2,1-4H3,(H2,16,17,18). The van der Waals surface area contributed by atoms with Gasteiger partial charge in [0.2, 0.25) is 5.91 Å². The molecule has 5 nitrogen and oxygen atoms in total. The molecular weight excluding hydrogens is 299 g/mol. The maximum absolute atomic E-state index is 12.2. The van der Waals surface area contributed by atoms with Crippen LogP contribution in [0.5, 0.6) is 0 Å². The highest BCUT2D eigenvalue weighted by molar-refractivity contribution is 6.37. The van der Waals surface area contributed by atoms with Crippen molar-refractivity contribution in [3.63, 3.8) is 0 Å². The minimum absolute atomic E-state index is 0.00817. The summed E-state index contributed by atoms with van der Waals surface area (Å²) in [5.74, 6) is 0.961. The van der Waals surface area contributed by atoms with Crippen LogP contribution < -0.4 is 10.6 Å². The first kappa shape index (κ1) is 16.9. The van der Waals surface area contributed by atoms with Crippen LogP contribution >= 0.6 is 23.2 Å². The smallest absolute Gasteiger partial charge is 0.244 e. The van der Waals surface area contributed by atoms with Crippen LogP contribution in [0.4, 0.5) is 11.6 Å². The Morgan fingerprint density at radius 3 is 2.35 bits per heavy atom. The van der Waals surface area contributed by atoms with E-state index in [-0.39, 0.29) is 5.91 Å². The summed E-state index contributed by atoms with van der Waals surface area (Å²) in [5.41, 5.74) is 0. The largest absolute Gasteiger partial charge is 0.372 e. The molecule has 1 rings (SSSR count). The molecule has 0 aliphatic heterocycles. The number of aromatic nitrogens is 1. The third kappa shape index (κ3) is 3.90. The molecule has 1 heterocycles. The van der Waals surface area contributed by atoms with Crippen LogP contribution in [0.2, 0.25) is 10.0 Å². The number of anilines is 2. The van der Waals surface area contributed by atoms with Crippen LogP contribution in [0.3, 0.4) is 0 Å². The van der Waals surface area contributed by atoms with E-state index < -0.39 is 6.04 Å². The average Bonchev–Trinajstić information content (AvgIpc) is 2.42. The van der Waals surface area contributed by atoms with Crippen molar-refractivity contribution in [2.75, 3.05) is 30.8 Å². The molecule has 1 amide bonds. The maximum atomic E-state index is 12.2. The normalized spacial score (nSPS) is 11.9. The molecule has 0 aromatic carbocycles. The number of amides is 1. The molecule has 0 radical (unpaired) electrons. The van der Waals surface area contributed by atoms with Crippen LogP contribution in [-0.4, -0.2) is 42.0 Å². The van der Waals surface area contributed by atoms with Crippen molar-refractivity contribution in [3.05, 3.63) is 16.1 Å². The summed E-state index contributed by atoms with van der Waals surface area (Å²) in [6.45, 7) is 7.02. The molecule has 0 fully saturated rings.